The van der Waals surface area contributed by atoms with Gasteiger partial charge in [0.2, 0.25) is 0 Å². The minimum Gasteiger partial charge on any atom is -0.493 e. The van der Waals surface area contributed by atoms with Gasteiger partial charge in [0.15, 0.2) is 11.5 Å². The number of nitrogens with zero attached hydrogens (tertiary/aromatic N) is 1. The van der Waals surface area contributed by atoms with Crippen LogP contribution >= 0.6 is 0 Å². The van der Waals surface area contributed by atoms with E-state index in [0.717, 1.165) is 5.56 Å². The molecule has 8 heteroatoms. The highest BCUT2D eigenvalue weighted by molar-refractivity contribution is 6.05. The number of amides is 2. The van der Waals surface area contributed by atoms with Crippen molar-refractivity contribution >= 4 is 29.7 Å². The molecule has 0 saturated carbocycles. The Morgan fingerprint density at radius 1 is 0.737 bits per heavy atom. The maximum absolute atomic E-state index is 12.6. The van der Waals surface area contributed by atoms with E-state index in [-0.39, 0.29) is 11.7 Å². The van der Waals surface area contributed by atoms with Gasteiger partial charge in [-0.2, -0.15) is 5.10 Å². The molecule has 0 aromatic heterocycles. The number of anilines is 1. The van der Waals surface area contributed by atoms with Gasteiger partial charge in [-0.15, -0.1) is 0 Å². The minimum atomic E-state index is -0.501. The molecule has 4 aromatic carbocycles. The van der Waals surface area contributed by atoms with Crippen LogP contribution in [-0.4, -0.2) is 31.1 Å². The summed E-state index contributed by atoms with van der Waals surface area (Å²) < 4.78 is 10.8. The molecule has 0 aliphatic carbocycles. The van der Waals surface area contributed by atoms with E-state index < -0.39 is 11.9 Å². The van der Waals surface area contributed by atoms with E-state index >= 15 is 0 Å². The molecule has 0 saturated heterocycles. The number of ether oxygens (including phenoxy) is 2. The van der Waals surface area contributed by atoms with Crippen molar-refractivity contribution in [2.75, 3.05) is 12.4 Å². The van der Waals surface area contributed by atoms with Gasteiger partial charge in [-0.25, -0.2) is 10.2 Å². The van der Waals surface area contributed by atoms with Crippen molar-refractivity contribution < 1.29 is 23.9 Å². The quantitative estimate of drug-likeness (QED) is 0.147. The van der Waals surface area contributed by atoms with E-state index in [9.17, 15) is 14.4 Å². The van der Waals surface area contributed by atoms with Gasteiger partial charge in [-0.3, -0.25) is 9.59 Å². The maximum Gasteiger partial charge on any atom is 0.343 e. The maximum atomic E-state index is 12.6. The normalized spacial score (nSPS) is 10.6. The lowest BCUT2D eigenvalue weighted by Gasteiger charge is -2.10. The smallest absolute Gasteiger partial charge is 0.343 e. The topological polar surface area (TPSA) is 106 Å². The molecule has 0 aliphatic rings. The Morgan fingerprint density at radius 2 is 1.47 bits per heavy atom. The second kappa shape index (κ2) is 12.1. The van der Waals surface area contributed by atoms with Crippen molar-refractivity contribution in [3.05, 3.63) is 125 Å². The van der Waals surface area contributed by atoms with Gasteiger partial charge < -0.3 is 14.8 Å². The molecule has 0 unspecified atom stereocenters. The van der Waals surface area contributed by atoms with E-state index in [1.807, 2.05) is 25.1 Å². The van der Waals surface area contributed by atoms with Crippen molar-refractivity contribution in [3.63, 3.8) is 0 Å². The molecule has 4 rings (SSSR count). The Morgan fingerprint density at radius 3 is 2.21 bits per heavy atom. The van der Waals surface area contributed by atoms with Gasteiger partial charge in [0.1, 0.15) is 0 Å². The lowest BCUT2D eigenvalue weighted by atomic mass is 10.1. The Hall–Kier alpha value is -5.24. The summed E-state index contributed by atoms with van der Waals surface area (Å²) in [5.41, 5.74) is 5.86. The zero-order chi connectivity index (χ0) is 26.9. The molecule has 0 fully saturated rings. The SMILES string of the molecule is COc1cc(C=NNC(=O)c2cccc(NC(=O)c3ccccc3)c2)ccc1OC(=O)c1ccc(C)cc1. The third-order valence-electron chi connectivity index (χ3n) is 5.48. The van der Waals surface area contributed by atoms with Crippen LogP contribution in [0.25, 0.3) is 0 Å². The van der Waals surface area contributed by atoms with Gasteiger partial charge >= 0.3 is 5.97 Å². The zero-order valence-corrected chi connectivity index (χ0v) is 20.8. The first-order chi connectivity index (χ1) is 18.4. The fourth-order valence-corrected chi connectivity index (χ4v) is 3.46. The first kappa shape index (κ1) is 25.8. The van der Waals surface area contributed by atoms with Crippen molar-refractivity contribution in [3.8, 4) is 11.5 Å². The Kier molecular flexibility index (Phi) is 8.25. The molecular formula is C30H25N3O5. The largest absolute Gasteiger partial charge is 0.493 e. The average Bonchev–Trinajstić information content (AvgIpc) is 2.94. The van der Waals surface area contributed by atoms with Crippen LogP contribution in [0.4, 0.5) is 5.69 Å². The second-order valence-electron chi connectivity index (χ2n) is 8.27. The molecule has 0 radical (unpaired) electrons. The molecule has 0 bridgehead atoms. The van der Waals surface area contributed by atoms with Gasteiger partial charge in [-0.1, -0.05) is 42.0 Å². The number of benzene rings is 4. The number of carbonyl (C=O) groups is 3. The predicted molar refractivity (Wildman–Crippen MR) is 145 cm³/mol. The van der Waals surface area contributed by atoms with Crippen LogP contribution in [0.3, 0.4) is 0 Å². The van der Waals surface area contributed by atoms with Gasteiger partial charge in [0.25, 0.3) is 11.8 Å². The number of esters is 1. The van der Waals surface area contributed by atoms with Crippen LogP contribution in [-0.2, 0) is 0 Å². The highest BCUT2D eigenvalue weighted by Crippen LogP contribution is 2.28. The molecule has 0 atom stereocenters. The summed E-state index contributed by atoms with van der Waals surface area (Å²) in [5, 5.41) is 6.78. The van der Waals surface area contributed by atoms with Crippen LogP contribution in [0.2, 0.25) is 0 Å². The van der Waals surface area contributed by atoms with E-state index in [0.29, 0.717) is 33.7 Å². The number of hydrogen-bond donors (Lipinski definition) is 2. The number of nitrogens with one attached hydrogen (secondary N) is 2. The van der Waals surface area contributed by atoms with E-state index in [2.05, 4.69) is 15.8 Å². The minimum absolute atomic E-state index is 0.258. The third kappa shape index (κ3) is 6.70. The molecule has 190 valence electrons. The highest BCUT2D eigenvalue weighted by atomic mass is 16.6. The molecule has 8 nitrogen and oxygen atoms in total. The van der Waals surface area contributed by atoms with Crippen LogP contribution < -0.4 is 20.2 Å². The Bertz CT molecular complexity index is 1480. The molecule has 4 aromatic rings. The van der Waals surface area contributed by atoms with Crippen molar-refractivity contribution in [1.82, 2.24) is 5.43 Å². The molecule has 2 amide bonds. The van der Waals surface area contributed by atoms with Crippen LogP contribution in [0.15, 0.2) is 102 Å². The van der Waals surface area contributed by atoms with Crippen LogP contribution in [0, 0.1) is 6.92 Å². The summed E-state index contributed by atoms with van der Waals surface area (Å²) in [6, 6.07) is 27.3. The van der Waals surface area contributed by atoms with E-state index in [1.54, 1.807) is 78.9 Å². The molecule has 2 N–H and O–H groups in total. The third-order valence-corrected chi connectivity index (χ3v) is 5.48. The lowest BCUT2D eigenvalue weighted by Crippen LogP contribution is -2.18. The van der Waals surface area contributed by atoms with E-state index in [4.69, 9.17) is 9.47 Å². The molecule has 0 heterocycles. The van der Waals surface area contributed by atoms with Gasteiger partial charge in [-0.05, 0) is 73.2 Å². The molecule has 0 spiro atoms. The van der Waals surface area contributed by atoms with E-state index in [1.165, 1.54) is 13.3 Å². The Labute approximate surface area is 219 Å². The first-order valence-electron chi connectivity index (χ1n) is 11.7. The summed E-state index contributed by atoms with van der Waals surface area (Å²) in [4.78, 5) is 37.4. The number of aryl methyl sites for hydroxylation is 1. The first-order valence-corrected chi connectivity index (χ1v) is 11.7. The number of carbonyl (C=O) groups excluding carboxylic acids is 3. The summed E-state index contributed by atoms with van der Waals surface area (Å²) in [5.74, 6) is -0.633. The summed E-state index contributed by atoms with van der Waals surface area (Å²) in [6.07, 6.45) is 1.44. The lowest BCUT2D eigenvalue weighted by molar-refractivity contribution is 0.0729. The second-order valence-corrected chi connectivity index (χ2v) is 8.27. The summed E-state index contributed by atoms with van der Waals surface area (Å²) >= 11 is 0. The average molecular weight is 508 g/mol. The highest BCUT2D eigenvalue weighted by Gasteiger charge is 2.13. The molecule has 0 aliphatic heterocycles. The number of rotatable bonds is 8. The fourth-order valence-electron chi connectivity index (χ4n) is 3.46. The Balaban J connectivity index is 1.37. The van der Waals surface area contributed by atoms with Crippen LogP contribution in [0.5, 0.6) is 11.5 Å². The van der Waals surface area contributed by atoms with Crippen LogP contribution in [0.1, 0.15) is 42.2 Å². The van der Waals surface area contributed by atoms with Crippen molar-refractivity contribution in [1.29, 1.82) is 0 Å². The number of hydrazone groups is 1. The predicted octanol–water partition coefficient (Wildman–Crippen LogP) is 5.24. The van der Waals surface area contributed by atoms with Gasteiger partial charge in [0.05, 0.1) is 18.9 Å². The monoisotopic (exact) mass is 507 g/mol. The summed E-state index contributed by atoms with van der Waals surface area (Å²) in [7, 11) is 1.46. The standard InChI is InChI=1S/C30H25N3O5/c1-20-11-14-23(15-12-20)30(36)38-26-16-13-21(17-27(26)37-2)19-31-33-29(35)24-9-6-10-25(18-24)32-28(34)22-7-4-3-5-8-22/h3-19H,1-2H3,(H,32,34)(H,33,35). The zero-order valence-electron chi connectivity index (χ0n) is 20.8. The van der Waals surface area contributed by atoms with Gasteiger partial charge in [0, 0.05) is 16.8 Å². The molecule has 38 heavy (non-hydrogen) atoms. The van der Waals surface area contributed by atoms with Crippen molar-refractivity contribution in [2.24, 2.45) is 5.10 Å². The molecular weight excluding hydrogens is 482 g/mol. The summed E-state index contributed by atoms with van der Waals surface area (Å²) in [6.45, 7) is 1.94. The number of methoxy groups -OCH3 is 1. The number of hydrogen-bond acceptors (Lipinski definition) is 6. The van der Waals surface area contributed by atoms with Crippen molar-refractivity contribution in [2.45, 2.75) is 6.92 Å². The fraction of sp³-hybridized carbons (Fsp3) is 0.0667.